The Balaban J connectivity index is 0. The second-order valence-electron chi connectivity index (χ2n) is 19.0. The van der Waals surface area contributed by atoms with Gasteiger partial charge in [-0.05, 0) is 0 Å². The summed E-state index contributed by atoms with van der Waals surface area (Å²) < 4.78 is 41.0. The van der Waals surface area contributed by atoms with Crippen molar-refractivity contribution in [3.05, 3.63) is 177 Å². The van der Waals surface area contributed by atoms with Crippen molar-refractivity contribution in [3.8, 4) is 22.7 Å². The molecule has 0 aliphatic carbocycles. The first-order valence-corrected chi connectivity index (χ1v) is 24.7. The first-order chi connectivity index (χ1) is 34.3. The summed E-state index contributed by atoms with van der Waals surface area (Å²) in [6.07, 6.45) is 8.70. The Morgan fingerprint density at radius 3 is 0.514 bits per heavy atom. The monoisotopic (exact) mass is 1060 g/mol. The van der Waals surface area contributed by atoms with Gasteiger partial charge < -0.3 is 9.59 Å². The molecule has 4 aromatic carbocycles. The summed E-state index contributed by atoms with van der Waals surface area (Å²) in [7, 11) is 0. The van der Waals surface area contributed by atoms with Crippen LogP contribution in [0.1, 0.15) is 203 Å². The van der Waals surface area contributed by atoms with Crippen molar-refractivity contribution in [1.82, 2.24) is 18.3 Å². The summed E-state index contributed by atoms with van der Waals surface area (Å²) in [5.74, 6) is 3.52. The van der Waals surface area contributed by atoms with Gasteiger partial charge in [-0.3, -0.25) is 13.6 Å². The molecule has 2 aromatic heterocycles. The van der Waals surface area contributed by atoms with Crippen molar-refractivity contribution in [2.75, 3.05) is 0 Å². The van der Waals surface area contributed by atoms with Gasteiger partial charge in [-0.25, -0.2) is 0 Å². The second kappa shape index (κ2) is 34.9. The average molecular weight is 1070 g/mol. The van der Waals surface area contributed by atoms with Gasteiger partial charge in [0.1, 0.15) is 0 Å². The van der Waals surface area contributed by atoms with Crippen LogP contribution in [0, 0.1) is 35.3 Å². The van der Waals surface area contributed by atoms with Crippen LogP contribution in [0.3, 0.4) is 0 Å². The summed E-state index contributed by atoms with van der Waals surface area (Å²) in [6.45, 7) is 60.8. The largest absolute Gasteiger partial charge is 0.545 e. The second-order valence-corrected chi connectivity index (χ2v) is 19.9. The minimum Gasteiger partial charge on any atom is -0.545 e. The molecule has 72 heavy (non-hydrogen) atoms. The van der Waals surface area contributed by atoms with Gasteiger partial charge in [0.2, 0.25) is 0 Å². The zero-order valence-electron chi connectivity index (χ0n) is 44.9. The van der Waals surface area contributed by atoms with Crippen LogP contribution in [-0.4, -0.2) is 31.8 Å². The van der Waals surface area contributed by atoms with E-state index in [9.17, 15) is 0 Å². The Kier molecular flexibility index (Phi) is 33.3. The summed E-state index contributed by atoms with van der Waals surface area (Å²) in [4.78, 5) is 15.5. The summed E-state index contributed by atoms with van der Waals surface area (Å²) in [5, 5.41) is 0. The number of benzene rings is 4. The molecule has 10 nitrogen and oxygen atoms in total. The molecule has 0 spiro atoms. The number of rotatable bonds is 12. The normalized spacial score (nSPS) is 10.2. The Labute approximate surface area is 446 Å². The maximum Gasteiger partial charge on any atom is -0.282 e. The van der Waals surface area contributed by atoms with E-state index in [2.05, 4.69) is 267 Å². The van der Waals surface area contributed by atoms with Crippen LogP contribution >= 0.6 is 0 Å². The molecule has 390 valence electrons. The topological polar surface area (TPSA) is 133 Å². The van der Waals surface area contributed by atoms with E-state index in [4.69, 9.17) is 58.8 Å². The number of carbonyl (C=O) groups excluding carboxylic acids is 2. The van der Waals surface area contributed by atoms with E-state index in [1.165, 1.54) is 67.3 Å². The van der Waals surface area contributed by atoms with Crippen LogP contribution in [0.4, 0.5) is 0 Å². The molecule has 6 rings (SSSR count). The molecule has 12 heteroatoms. The zero-order valence-corrected chi connectivity index (χ0v) is 47.0. The molecule has 6 aromatic rings. The fraction of sp³-hybridized carbons (Fsp3) is 0.400. The first-order valence-electron chi connectivity index (χ1n) is 23.6. The van der Waals surface area contributed by atoms with Gasteiger partial charge in [0, 0.05) is 0 Å². The Morgan fingerprint density at radius 2 is 0.417 bits per heavy atom. The number of aromatic nitrogens is 4. The molecular weight excluding hydrogens is 991 g/mol. The van der Waals surface area contributed by atoms with Crippen molar-refractivity contribution in [2.24, 2.45) is 0 Å². The quantitative estimate of drug-likeness (QED) is 0.0686. The molecule has 0 aliphatic rings. The standard InChI is InChI=1S/2C27H36N2.2CHO.4CO.2Co/c2*1-18(2)22-11-9-12-23(19(3)4)26(22)28-15-16-29(17-28)27-24(20(5)6)13-10-14-25(27)21(7)8;6*1-2;;/h2*9-16,18-21H,1-8H3;2*1H;;;;;;/q;;2*-1;;;;;;. The van der Waals surface area contributed by atoms with Crippen molar-refractivity contribution < 1.29 is 58.8 Å². The molecule has 0 fully saturated rings. The van der Waals surface area contributed by atoms with Gasteiger partial charge in [-0.2, -0.15) is 0 Å². The van der Waals surface area contributed by atoms with Gasteiger partial charge in [0.25, 0.3) is 0 Å². The van der Waals surface area contributed by atoms with Crippen LogP contribution in [-0.2, 0) is 58.8 Å². The van der Waals surface area contributed by atoms with Crippen molar-refractivity contribution in [1.29, 1.82) is 0 Å². The predicted octanol–water partition coefficient (Wildman–Crippen LogP) is 15.0. The van der Waals surface area contributed by atoms with E-state index in [0.29, 0.717) is 47.3 Å². The van der Waals surface area contributed by atoms with E-state index in [1.807, 2.05) is 0 Å². The smallest absolute Gasteiger partial charge is 0.282 e. The zero-order chi connectivity index (χ0) is 56.3. The summed E-state index contributed by atoms with van der Waals surface area (Å²) >= 11 is 10.3. The molecule has 0 aliphatic heterocycles. The summed E-state index contributed by atoms with van der Waals surface area (Å²) in [6, 6.07) is 26.8. The minimum atomic E-state index is 0.440. The molecule has 0 radical (unpaired) electrons. The third-order valence-corrected chi connectivity index (χ3v) is 12.8. The number of hydrogen-bond acceptors (Lipinski definition) is 2. The molecule has 0 saturated carbocycles. The molecule has 0 atom stereocenters. The van der Waals surface area contributed by atoms with Crippen LogP contribution in [0.5, 0.6) is 0 Å². The molecule has 0 unspecified atom stereocenters. The van der Waals surface area contributed by atoms with Crippen LogP contribution in [0.15, 0.2) is 97.6 Å². The maximum absolute atomic E-state index is 7.75. The number of para-hydroxylation sites is 4. The maximum atomic E-state index is 7.75. The van der Waals surface area contributed by atoms with Gasteiger partial charge in [-0.1, -0.05) is 0 Å². The van der Waals surface area contributed by atoms with E-state index in [-0.39, 0.29) is 0 Å². The first kappa shape index (κ1) is 68.7. The Bertz CT molecular complexity index is 2300. The van der Waals surface area contributed by atoms with Crippen molar-refractivity contribution in [3.63, 3.8) is 0 Å². The minimum absolute atomic E-state index is 0.440. The van der Waals surface area contributed by atoms with Gasteiger partial charge >= 0.3 is 426 Å². The van der Waals surface area contributed by atoms with Crippen LogP contribution < -0.4 is 0 Å². The predicted molar refractivity (Wildman–Crippen MR) is 279 cm³/mol. The molecule has 0 N–H and O–H groups in total. The van der Waals surface area contributed by atoms with Gasteiger partial charge in [0.15, 0.2) is 0 Å². The SMILES string of the molecule is CC(C)c1cccc(C(C)C)c1-n1ccn(-c2c(C(C)C)cccc2C(C)C)[c]1=[Co].CC(C)c1cccc(C(C)C)c1-n1ccn(-c2c(C(C)C)cccc2C(C)C)[c]1=[Co].[C-]#[O+].[C-]#[O+].[C-]#[O+].[C-]#[O+].[CH-]=O.[CH-]=O. The van der Waals surface area contributed by atoms with E-state index < -0.39 is 0 Å². The third kappa shape index (κ3) is 16.8. The number of hydrogen-bond donors (Lipinski definition) is 0. The summed E-state index contributed by atoms with van der Waals surface area (Å²) in [5.41, 5.74) is 16.0. The van der Waals surface area contributed by atoms with E-state index >= 15 is 0 Å². The third-order valence-electron chi connectivity index (χ3n) is 11.8. The van der Waals surface area contributed by atoms with E-state index in [1.54, 1.807) is 0 Å². The Morgan fingerprint density at radius 1 is 0.306 bits per heavy atom. The molecule has 0 bridgehead atoms. The fourth-order valence-corrected chi connectivity index (χ4v) is 9.31. The number of nitrogens with zero attached hydrogens (tertiary/aromatic N) is 4. The van der Waals surface area contributed by atoms with Gasteiger partial charge in [-0.15, -0.1) is 0 Å². The van der Waals surface area contributed by atoms with E-state index in [0.717, 1.165) is 8.72 Å². The van der Waals surface area contributed by atoms with Gasteiger partial charge in [0.05, 0.1) is 0 Å². The Hall–Kier alpha value is -5.39. The molecular formula is C60H74Co2N4O6-2. The van der Waals surface area contributed by atoms with Crippen LogP contribution in [0.2, 0.25) is 0 Å². The van der Waals surface area contributed by atoms with Crippen LogP contribution in [0.25, 0.3) is 22.7 Å². The molecule has 2 heterocycles. The fourth-order valence-electron chi connectivity index (χ4n) is 8.54. The van der Waals surface area contributed by atoms with Crippen molar-refractivity contribution in [2.45, 2.75) is 158 Å². The van der Waals surface area contributed by atoms with Crippen molar-refractivity contribution >= 4 is 13.6 Å². The molecule has 0 amide bonds. The number of imidazole rings is 2. The average Bonchev–Trinajstić information content (AvgIpc) is 3.97. The molecule has 0 saturated heterocycles.